The monoisotopic (exact) mass is 278 g/mol. The lowest BCUT2D eigenvalue weighted by Crippen LogP contribution is -2.40. The molecule has 1 N–H and O–H groups in total. The molecule has 1 aliphatic rings. The van der Waals surface area contributed by atoms with Crippen molar-refractivity contribution in [3.8, 4) is 0 Å². The molecule has 1 amide bonds. The summed E-state index contributed by atoms with van der Waals surface area (Å²) >= 11 is 0. The number of likely N-dealkylation sites (tertiary alicyclic amines) is 1. The van der Waals surface area contributed by atoms with Crippen LogP contribution in [0.25, 0.3) is 0 Å². The first kappa shape index (κ1) is 15.0. The van der Waals surface area contributed by atoms with Crippen LogP contribution in [-0.2, 0) is 11.3 Å². The molecule has 0 saturated carbocycles. The van der Waals surface area contributed by atoms with Gasteiger partial charge in [0.1, 0.15) is 0 Å². The number of carbonyl (C=O) groups excluding carboxylic acids is 1. The second-order valence-electron chi connectivity index (χ2n) is 5.79. The molecule has 20 heavy (non-hydrogen) atoms. The van der Waals surface area contributed by atoms with E-state index >= 15 is 0 Å². The SMILES string of the molecule is Cc1ncn(CCNC(=O)CC2CCCCN2C)c1C. The third-order valence-electron chi connectivity index (χ3n) is 4.36. The van der Waals surface area contributed by atoms with Gasteiger partial charge in [-0.25, -0.2) is 4.98 Å². The summed E-state index contributed by atoms with van der Waals surface area (Å²) in [4.78, 5) is 18.5. The van der Waals surface area contributed by atoms with E-state index < -0.39 is 0 Å². The van der Waals surface area contributed by atoms with Gasteiger partial charge in [0.2, 0.25) is 5.91 Å². The van der Waals surface area contributed by atoms with Crippen LogP contribution in [-0.4, -0.2) is 46.5 Å². The highest BCUT2D eigenvalue weighted by molar-refractivity contribution is 5.76. The zero-order valence-electron chi connectivity index (χ0n) is 12.9. The van der Waals surface area contributed by atoms with Crippen molar-refractivity contribution in [1.82, 2.24) is 19.8 Å². The van der Waals surface area contributed by atoms with E-state index in [1.54, 1.807) is 0 Å². The summed E-state index contributed by atoms with van der Waals surface area (Å²) in [7, 11) is 2.12. The van der Waals surface area contributed by atoms with E-state index in [1.165, 1.54) is 18.5 Å². The number of hydrogen-bond donors (Lipinski definition) is 1. The van der Waals surface area contributed by atoms with Gasteiger partial charge in [0, 0.05) is 31.2 Å². The van der Waals surface area contributed by atoms with Crippen LogP contribution in [0.1, 0.15) is 37.1 Å². The van der Waals surface area contributed by atoms with Crippen molar-refractivity contribution < 1.29 is 4.79 Å². The average molecular weight is 278 g/mol. The molecule has 1 unspecified atom stereocenters. The normalized spacial score (nSPS) is 20.1. The van der Waals surface area contributed by atoms with Gasteiger partial charge < -0.3 is 14.8 Å². The van der Waals surface area contributed by atoms with Gasteiger partial charge in [0.15, 0.2) is 0 Å². The molecule has 0 radical (unpaired) electrons. The number of nitrogens with zero attached hydrogens (tertiary/aromatic N) is 3. The summed E-state index contributed by atoms with van der Waals surface area (Å²) < 4.78 is 2.09. The predicted molar refractivity (Wildman–Crippen MR) is 79.6 cm³/mol. The zero-order valence-corrected chi connectivity index (χ0v) is 12.9. The van der Waals surface area contributed by atoms with Crippen LogP contribution in [0.5, 0.6) is 0 Å². The Morgan fingerprint density at radius 2 is 2.25 bits per heavy atom. The molecule has 1 aromatic heterocycles. The molecule has 0 spiro atoms. The fraction of sp³-hybridized carbons (Fsp3) is 0.733. The Bertz CT molecular complexity index is 455. The Labute approximate surface area is 121 Å². The summed E-state index contributed by atoms with van der Waals surface area (Å²) in [5.74, 6) is 0.165. The Kier molecular flexibility index (Phi) is 5.17. The van der Waals surface area contributed by atoms with Gasteiger partial charge in [0.25, 0.3) is 0 Å². The first-order valence-corrected chi connectivity index (χ1v) is 7.53. The molecule has 1 aliphatic heterocycles. The molecule has 2 heterocycles. The number of piperidine rings is 1. The molecule has 1 aromatic rings. The average Bonchev–Trinajstić information content (AvgIpc) is 2.73. The maximum absolute atomic E-state index is 12.0. The smallest absolute Gasteiger partial charge is 0.221 e. The van der Waals surface area contributed by atoms with Crippen molar-refractivity contribution in [2.45, 2.75) is 52.1 Å². The maximum Gasteiger partial charge on any atom is 0.221 e. The number of amides is 1. The lowest BCUT2D eigenvalue weighted by Gasteiger charge is -2.31. The Balaban J connectivity index is 1.71. The molecule has 0 aliphatic carbocycles. The van der Waals surface area contributed by atoms with Gasteiger partial charge in [-0.15, -0.1) is 0 Å². The summed E-state index contributed by atoms with van der Waals surface area (Å²) in [6.45, 7) is 6.64. The largest absolute Gasteiger partial charge is 0.354 e. The van der Waals surface area contributed by atoms with Gasteiger partial charge >= 0.3 is 0 Å². The quantitative estimate of drug-likeness (QED) is 0.888. The van der Waals surface area contributed by atoms with E-state index in [0.717, 1.165) is 25.2 Å². The van der Waals surface area contributed by atoms with Crippen LogP contribution in [0, 0.1) is 13.8 Å². The van der Waals surface area contributed by atoms with E-state index in [1.807, 2.05) is 13.3 Å². The highest BCUT2D eigenvalue weighted by Gasteiger charge is 2.21. The number of rotatable bonds is 5. The van der Waals surface area contributed by atoms with Gasteiger partial charge in [-0.05, 0) is 40.3 Å². The van der Waals surface area contributed by atoms with Gasteiger partial charge in [-0.3, -0.25) is 4.79 Å². The standard InChI is InChI=1S/C15H26N4O/c1-12-13(2)19(11-17-12)9-7-16-15(20)10-14-6-4-5-8-18(14)3/h11,14H,4-10H2,1-3H3,(H,16,20). The van der Waals surface area contributed by atoms with Crippen molar-refractivity contribution >= 4 is 5.91 Å². The lowest BCUT2D eigenvalue weighted by atomic mass is 10.00. The van der Waals surface area contributed by atoms with Crippen molar-refractivity contribution in [2.75, 3.05) is 20.1 Å². The first-order chi connectivity index (χ1) is 9.58. The third kappa shape index (κ3) is 3.82. The minimum absolute atomic E-state index is 0.165. The first-order valence-electron chi connectivity index (χ1n) is 7.53. The molecule has 0 bridgehead atoms. The van der Waals surface area contributed by atoms with Gasteiger partial charge in [-0.2, -0.15) is 0 Å². The molecule has 1 atom stereocenters. The molecule has 5 nitrogen and oxygen atoms in total. The van der Waals surface area contributed by atoms with Gasteiger partial charge in [-0.1, -0.05) is 6.42 Å². The van der Waals surface area contributed by atoms with Crippen LogP contribution in [0.4, 0.5) is 0 Å². The van der Waals surface area contributed by atoms with Crippen LogP contribution >= 0.6 is 0 Å². The van der Waals surface area contributed by atoms with E-state index in [4.69, 9.17) is 0 Å². The van der Waals surface area contributed by atoms with Crippen LogP contribution in [0.2, 0.25) is 0 Å². The number of hydrogen-bond acceptors (Lipinski definition) is 3. The predicted octanol–water partition coefficient (Wildman–Crippen LogP) is 1.49. The summed E-state index contributed by atoms with van der Waals surface area (Å²) in [5, 5.41) is 3.02. The maximum atomic E-state index is 12.0. The number of imidazole rings is 1. The molecular formula is C15H26N4O. The highest BCUT2D eigenvalue weighted by Crippen LogP contribution is 2.17. The fourth-order valence-electron chi connectivity index (χ4n) is 2.77. The molecule has 2 rings (SSSR count). The van der Waals surface area contributed by atoms with Gasteiger partial charge in [0.05, 0.1) is 12.0 Å². The second kappa shape index (κ2) is 6.88. The van der Waals surface area contributed by atoms with Crippen molar-refractivity contribution in [2.24, 2.45) is 0 Å². The molecule has 112 valence electrons. The number of carbonyl (C=O) groups is 1. The Morgan fingerprint density at radius 1 is 1.45 bits per heavy atom. The van der Waals surface area contributed by atoms with Crippen LogP contribution in [0.15, 0.2) is 6.33 Å². The summed E-state index contributed by atoms with van der Waals surface area (Å²) in [6.07, 6.45) is 6.11. The third-order valence-corrected chi connectivity index (χ3v) is 4.36. The fourth-order valence-corrected chi connectivity index (χ4v) is 2.77. The number of nitrogens with one attached hydrogen (secondary N) is 1. The van der Waals surface area contributed by atoms with E-state index in [0.29, 0.717) is 19.0 Å². The van der Waals surface area contributed by atoms with Crippen LogP contribution in [0.3, 0.4) is 0 Å². The topological polar surface area (TPSA) is 50.2 Å². The lowest BCUT2D eigenvalue weighted by molar-refractivity contribution is -0.122. The Hall–Kier alpha value is -1.36. The number of aromatic nitrogens is 2. The molecule has 5 heteroatoms. The summed E-state index contributed by atoms with van der Waals surface area (Å²) in [5.41, 5.74) is 2.23. The molecule has 0 aromatic carbocycles. The second-order valence-corrected chi connectivity index (χ2v) is 5.79. The minimum Gasteiger partial charge on any atom is -0.354 e. The summed E-state index contributed by atoms with van der Waals surface area (Å²) in [6, 6.07) is 0.418. The Morgan fingerprint density at radius 3 is 2.90 bits per heavy atom. The van der Waals surface area contributed by atoms with E-state index in [9.17, 15) is 4.79 Å². The van der Waals surface area contributed by atoms with E-state index in [2.05, 4.69) is 33.7 Å². The number of aryl methyl sites for hydroxylation is 1. The zero-order chi connectivity index (χ0) is 14.5. The molecular weight excluding hydrogens is 252 g/mol. The van der Waals surface area contributed by atoms with E-state index in [-0.39, 0.29) is 5.91 Å². The van der Waals surface area contributed by atoms with Crippen molar-refractivity contribution in [1.29, 1.82) is 0 Å². The van der Waals surface area contributed by atoms with Crippen molar-refractivity contribution in [3.05, 3.63) is 17.7 Å². The molecule has 1 saturated heterocycles. The van der Waals surface area contributed by atoms with Crippen LogP contribution < -0.4 is 5.32 Å². The highest BCUT2D eigenvalue weighted by atomic mass is 16.1. The molecule has 1 fully saturated rings. The minimum atomic E-state index is 0.165. The van der Waals surface area contributed by atoms with Crippen molar-refractivity contribution in [3.63, 3.8) is 0 Å².